The van der Waals surface area contributed by atoms with E-state index >= 15 is 0 Å². The number of aliphatic hydroxyl groups is 1. The second-order valence-electron chi connectivity index (χ2n) is 7.11. The van der Waals surface area contributed by atoms with Gasteiger partial charge in [-0.3, -0.25) is 4.55 Å². The average molecular weight is 464 g/mol. The molecule has 0 atom stereocenters. The predicted molar refractivity (Wildman–Crippen MR) is 122 cm³/mol. The molecule has 0 saturated carbocycles. The minimum Gasteiger partial charge on any atom is -0.390 e. The first-order valence-corrected chi connectivity index (χ1v) is 12.8. The first-order chi connectivity index (χ1) is 14.4. The second kappa shape index (κ2) is 8.68. The van der Waals surface area contributed by atoms with Crippen LogP contribution < -0.4 is 9.47 Å². The van der Waals surface area contributed by atoms with E-state index in [0.29, 0.717) is 19.5 Å². The molecular weight excluding hydrogens is 440 g/mol. The van der Waals surface area contributed by atoms with E-state index in [1.807, 2.05) is 29.8 Å². The lowest BCUT2D eigenvalue weighted by Crippen LogP contribution is -2.36. The molecule has 0 saturated heterocycles. The molecule has 4 rings (SSSR count). The Labute approximate surface area is 184 Å². The number of hydrogen-bond acceptors (Lipinski definition) is 6. The van der Waals surface area contributed by atoms with Crippen molar-refractivity contribution in [3.63, 3.8) is 0 Å². The number of fused-ring (bicyclic) bond motifs is 3. The van der Waals surface area contributed by atoms with E-state index in [0.717, 1.165) is 36.3 Å². The molecule has 0 spiro atoms. The third-order valence-corrected chi connectivity index (χ3v) is 7.76. The minimum absolute atomic E-state index is 0.0626. The summed E-state index contributed by atoms with van der Waals surface area (Å²) in [6.07, 6.45) is 4.44. The van der Waals surface area contributed by atoms with Crippen LogP contribution in [0.5, 0.6) is 0 Å². The van der Waals surface area contributed by atoms with Crippen LogP contribution in [0.15, 0.2) is 52.5 Å². The van der Waals surface area contributed by atoms with Gasteiger partial charge in [0.15, 0.2) is 12.7 Å². The van der Waals surface area contributed by atoms with Gasteiger partial charge in [0.05, 0.1) is 27.4 Å². The molecule has 158 valence electrons. The molecule has 2 N–H and O–H groups in total. The van der Waals surface area contributed by atoms with E-state index < -0.39 is 10.1 Å². The maximum absolute atomic E-state index is 11.2. The smallest absolute Gasteiger partial charge is 0.264 e. The monoisotopic (exact) mass is 463 g/mol. The topological polar surface area (TPSA) is 81.7 Å². The summed E-state index contributed by atoms with van der Waals surface area (Å²) >= 11 is 3.31. The SMILES string of the molecule is Cc1c[n+](CCO)c(/C=C2\Sc3ccc4ccccc4c3N2CCCS(=O)(=O)O)s1. The number of hydrogen-bond donors (Lipinski definition) is 2. The quantitative estimate of drug-likeness (QED) is 0.411. The van der Waals surface area contributed by atoms with Gasteiger partial charge in [0.25, 0.3) is 15.1 Å². The maximum atomic E-state index is 11.2. The third-order valence-electron chi connectivity index (χ3n) is 4.87. The molecule has 1 aliphatic rings. The van der Waals surface area contributed by atoms with Gasteiger partial charge >= 0.3 is 0 Å². The van der Waals surface area contributed by atoms with Crippen molar-refractivity contribution in [1.29, 1.82) is 0 Å². The molecule has 3 aromatic rings. The Morgan fingerprint density at radius 2 is 2.00 bits per heavy atom. The summed E-state index contributed by atoms with van der Waals surface area (Å²) in [5.41, 5.74) is 1.07. The van der Waals surface area contributed by atoms with E-state index in [1.54, 1.807) is 23.1 Å². The molecule has 2 aromatic carbocycles. The van der Waals surface area contributed by atoms with E-state index in [9.17, 15) is 13.5 Å². The standard InChI is InChI=1S/C21H22N2O4S3/c1-15-14-22(10-11-24)19(28-15)13-20-23(9-4-12-30(25,26)27)21-17-6-3-2-5-16(17)7-8-18(21)29-20/h2-3,5-8,13-14,24H,4,9-12H2,1H3/p+1. The van der Waals surface area contributed by atoms with Gasteiger partial charge in [-0.1, -0.05) is 53.4 Å². The first-order valence-electron chi connectivity index (χ1n) is 9.60. The van der Waals surface area contributed by atoms with Crippen molar-refractivity contribution in [2.75, 3.05) is 23.8 Å². The van der Waals surface area contributed by atoms with Gasteiger partial charge in [-0.2, -0.15) is 13.0 Å². The number of aromatic nitrogens is 1. The molecular formula is C21H23N2O4S3+. The van der Waals surface area contributed by atoms with Crippen LogP contribution in [0.25, 0.3) is 16.8 Å². The highest BCUT2D eigenvalue weighted by molar-refractivity contribution is 8.04. The average Bonchev–Trinajstić information content (AvgIpc) is 3.21. The van der Waals surface area contributed by atoms with Gasteiger partial charge < -0.3 is 10.0 Å². The molecule has 0 aliphatic carbocycles. The minimum atomic E-state index is -4.01. The fraction of sp³-hybridized carbons (Fsp3) is 0.286. The molecule has 6 nitrogen and oxygen atoms in total. The zero-order valence-electron chi connectivity index (χ0n) is 16.5. The lowest BCUT2D eigenvalue weighted by atomic mass is 10.1. The Kier molecular flexibility index (Phi) is 6.17. The van der Waals surface area contributed by atoms with Gasteiger partial charge in [0, 0.05) is 16.8 Å². The van der Waals surface area contributed by atoms with Crippen molar-refractivity contribution in [1.82, 2.24) is 0 Å². The van der Waals surface area contributed by atoms with E-state index in [4.69, 9.17) is 4.55 Å². The van der Waals surface area contributed by atoms with Gasteiger partial charge in [0.2, 0.25) is 0 Å². The summed E-state index contributed by atoms with van der Waals surface area (Å²) < 4.78 is 33.7. The molecule has 0 radical (unpaired) electrons. The number of nitrogens with zero attached hydrogens (tertiary/aromatic N) is 2. The molecule has 30 heavy (non-hydrogen) atoms. The van der Waals surface area contributed by atoms with Crippen LogP contribution in [0.1, 0.15) is 16.3 Å². The molecule has 0 bridgehead atoms. The Morgan fingerprint density at radius 3 is 2.77 bits per heavy atom. The van der Waals surface area contributed by atoms with Crippen molar-refractivity contribution in [2.45, 2.75) is 24.8 Å². The molecule has 0 unspecified atom stereocenters. The van der Waals surface area contributed by atoms with Crippen molar-refractivity contribution in [2.24, 2.45) is 0 Å². The Morgan fingerprint density at radius 1 is 1.20 bits per heavy atom. The van der Waals surface area contributed by atoms with Gasteiger partial charge in [-0.15, -0.1) is 0 Å². The molecule has 0 fully saturated rings. The van der Waals surface area contributed by atoms with Crippen LogP contribution in [-0.2, 0) is 16.7 Å². The van der Waals surface area contributed by atoms with Crippen molar-refractivity contribution in [3.05, 3.63) is 57.5 Å². The Bertz CT molecular complexity index is 1220. The molecule has 2 heterocycles. The fourth-order valence-electron chi connectivity index (χ4n) is 3.64. The van der Waals surface area contributed by atoms with Crippen LogP contribution in [0.4, 0.5) is 5.69 Å². The second-order valence-corrected chi connectivity index (χ2v) is 11.0. The number of thioether (sulfide) groups is 1. The number of rotatable bonds is 7. The van der Waals surface area contributed by atoms with Crippen LogP contribution in [0.2, 0.25) is 0 Å². The molecule has 9 heteroatoms. The van der Waals surface area contributed by atoms with E-state index in [1.165, 1.54) is 0 Å². The number of benzene rings is 2. The first kappa shape index (κ1) is 21.3. The van der Waals surface area contributed by atoms with Crippen LogP contribution in [0, 0.1) is 6.92 Å². The number of aliphatic hydroxyl groups excluding tert-OH is 1. The van der Waals surface area contributed by atoms with Gasteiger partial charge in [-0.05, 0) is 24.8 Å². The Hall–Kier alpha value is -1.91. The zero-order chi connectivity index (χ0) is 21.3. The lowest BCUT2D eigenvalue weighted by Gasteiger charge is -2.21. The summed E-state index contributed by atoms with van der Waals surface area (Å²) in [4.78, 5) is 4.42. The summed E-state index contributed by atoms with van der Waals surface area (Å²) in [5.74, 6) is -0.274. The highest BCUT2D eigenvalue weighted by atomic mass is 32.2. The highest BCUT2D eigenvalue weighted by Gasteiger charge is 2.29. The predicted octanol–water partition coefficient (Wildman–Crippen LogP) is 3.68. The van der Waals surface area contributed by atoms with E-state index in [-0.39, 0.29) is 12.4 Å². The lowest BCUT2D eigenvalue weighted by molar-refractivity contribution is -0.695. The normalized spacial score (nSPS) is 15.3. The van der Waals surface area contributed by atoms with Crippen LogP contribution in [0.3, 0.4) is 0 Å². The Balaban J connectivity index is 1.77. The maximum Gasteiger partial charge on any atom is 0.264 e. The van der Waals surface area contributed by atoms with Crippen molar-refractivity contribution < 1.29 is 22.6 Å². The number of thiazole rings is 1. The van der Waals surface area contributed by atoms with Crippen molar-refractivity contribution >= 4 is 55.8 Å². The number of anilines is 1. The molecule has 1 aliphatic heterocycles. The van der Waals surface area contributed by atoms with Gasteiger partial charge in [0.1, 0.15) is 6.61 Å². The fourth-order valence-corrected chi connectivity index (χ4v) is 6.29. The van der Waals surface area contributed by atoms with Gasteiger partial charge in [-0.25, -0.2) is 0 Å². The largest absolute Gasteiger partial charge is 0.390 e. The van der Waals surface area contributed by atoms with E-state index in [2.05, 4.69) is 35.2 Å². The summed E-state index contributed by atoms with van der Waals surface area (Å²) in [5, 5.41) is 13.7. The van der Waals surface area contributed by atoms with Crippen molar-refractivity contribution in [3.8, 4) is 0 Å². The van der Waals surface area contributed by atoms with Crippen LogP contribution >= 0.6 is 23.1 Å². The molecule has 0 amide bonds. The summed E-state index contributed by atoms with van der Waals surface area (Å²) in [6, 6.07) is 12.3. The number of aryl methyl sites for hydroxylation is 1. The molecule has 1 aromatic heterocycles. The third kappa shape index (κ3) is 4.55. The summed E-state index contributed by atoms with van der Waals surface area (Å²) in [6.45, 7) is 3.10. The summed E-state index contributed by atoms with van der Waals surface area (Å²) in [7, 11) is -4.01. The highest BCUT2D eigenvalue weighted by Crippen LogP contribution is 2.50. The van der Waals surface area contributed by atoms with Crippen LogP contribution in [-0.4, -0.2) is 37.0 Å². The zero-order valence-corrected chi connectivity index (χ0v) is 18.9.